The smallest absolute Gasteiger partial charge is 0.389 e. The van der Waals surface area contributed by atoms with Gasteiger partial charge in [0.15, 0.2) is 5.78 Å². The fourth-order valence-electron chi connectivity index (χ4n) is 7.38. The van der Waals surface area contributed by atoms with Crippen molar-refractivity contribution in [3.63, 3.8) is 0 Å². The molecule has 0 fully saturated rings. The van der Waals surface area contributed by atoms with Gasteiger partial charge in [0, 0.05) is 50.4 Å². The Morgan fingerprint density at radius 3 is 1.57 bits per heavy atom. The molecule has 63 heavy (non-hydrogen) atoms. The summed E-state index contributed by atoms with van der Waals surface area (Å²) >= 11 is 0. The fourth-order valence-corrected chi connectivity index (χ4v) is 9.71. The number of carbonyl (C=O) groups excluding carboxylic acids is 1. The molecule has 4 nitrogen and oxygen atoms in total. The Morgan fingerprint density at radius 2 is 1.14 bits per heavy atom. The van der Waals surface area contributed by atoms with Gasteiger partial charge in [0.05, 0.1) is 32.4 Å². The zero-order valence-corrected chi connectivity index (χ0v) is 43.5. The molecule has 0 saturated heterocycles. The van der Waals surface area contributed by atoms with Gasteiger partial charge in [0.1, 0.15) is 0 Å². The minimum atomic E-state index is -4.33. The summed E-state index contributed by atoms with van der Waals surface area (Å²) in [5.41, 5.74) is 7.98. The number of carbonyl (C=O) groups is 1. The number of hydrogen-bond donors (Lipinski definition) is 1. The van der Waals surface area contributed by atoms with Crippen molar-refractivity contribution >= 4 is 53.8 Å². The third kappa shape index (κ3) is 15.2. The summed E-state index contributed by atoms with van der Waals surface area (Å²) < 4.78 is 61.3. The molecule has 1 N–H and O–H groups in total. The summed E-state index contributed by atoms with van der Waals surface area (Å²) in [4.78, 5) is 20.6. The number of rotatable bonds is 11. The number of aliphatic hydroxyl groups is 1. The largest absolute Gasteiger partial charge is 0.512 e. The van der Waals surface area contributed by atoms with E-state index in [1.54, 1.807) is 6.92 Å². The van der Waals surface area contributed by atoms with Crippen LogP contribution in [0.5, 0.6) is 0 Å². The van der Waals surface area contributed by atoms with Crippen LogP contribution in [-0.4, -0.2) is 43.2 Å². The first-order chi connectivity index (χ1) is 30.1. The summed E-state index contributed by atoms with van der Waals surface area (Å²) in [7, 11) is -2.85. The molecule has 0 bridgehead atoms. The van der Waals surface area contributed by atoms with E-state index in [-0.39, 0.29) is 50.4 Å². The average molecular weight is 1070 g/mol. The molecule has 0 amide bonds. The number of hydrogen-bond acceptors (Lipinski definition) is 4. The molecule has 1 atom stereocenters. The summed E-state index contributed by atoms with van der Waals surface area (Å²) in [6, 6.07) is 30.1. The number of nitrogens with zero attached hydrogens (tertiary/aromatic N) is 2. The zero-order chi connectivity index (χ0) is 48.8. The van der Waals surface area contributed by atoms with Gasteiger partial charge in [-0.05, 0) is 64.3 Å². The maximum Gasteiger partial charge on any atom is 0.389 e. The zero-order valence-electron chi connectivity index (χ0n) is 42.1. The average Bonchev–Trinajstić information content (AvgIpc) is 3.19. The SMILES string of the molecule is CCC(CC)C(=O)/C=C(\O)C(CC)CC(F)(F)F.[2H]c1cc2cc([Si](C)(C)C)ccc2c(-c2[c-]c(C)cc(C)c2)n1.[2H]c1nc(-c2[c-]c(C)cc(C)c2)c2ccc([Si](C)(C)C)cc2c1[2H].[Ir]. The van der Waals surface area contributed by atoms with Crippen LogP contribution < -0.4 is 10.4 Å². The summed E-state index contributed by atoms with van der Waals surface area (Å²) in [6.45, 7) is 27.3. The summed E-state index contributed by atoms with van der Waals surface area (Å²) in [5, 5.41) is 16.3. The topological polar surface area (TPSA) is 63.1 Å². The molecule has 2 aromatic heterocycles. The normalized spacial score (nSPS) is 13.2. The van der Waals surface area contributed by atoms with Gasteiger partial charge < -0.3 is 15.1 Å². The van der Waals surface area contributed by atoms with Crippen molar-refractivity contribution in [3.8, 4) is 22.5 Å². The molecule has 0 aliphatic carbocycles. The molecule has 0 aliphatic heterocycles. The standard InChI is InChI=1S/2C20H22NSi.C13H21F3O2.Ir/c2*1-14-10-15(2)12-17(11-14)20-19-7-6-18(22(3,4)5)13-16(19)8-9-21-20;1-4-9(5-2)11(17)7-12(18)10(6-3)8-13(14,15)16;/h2*6-11,13H,1-5H3;7,9-10,18H,4-6,8H2,1-3H3;/q2*-1;;/b;;12-7-;/i8D,9D;9D;;. The van der Waals surface area contributed by atoms with E-state index in [9.17, 15) is 23.1 Å². The van der Waals surface area contributed by atoms with E-state index in [1.165, 1.54) is 15.9 Å². The van der Waals surface area contributed by atoms with Crippen LogP contribution in [0.15, 0.2) is 97.0 Å². The molecule has 339 valence electrons. The molecule has 0 spiro atoms. The number of halogens is 3. The van der Waals surface area contributed by atoms with Gasteiger partial charge in [0.25, 0.3) is 0 Å². The Morgan fingerprint density at radius 1 is 0.698 bits per heavy atom. The number of pyridine rings is 2. The monoisotopic (exact) mass is 1070 g/mol. The second-order valence-corrected chi connectivity index (χ2v) is 28.6. The van der Waals surface area contributed by atoms with Crippen molar-refractivity contribution < 1.29 is 47.3 Å². The summed E-state index contributed by atoms with van der Waals surface area (Å²) in [6.07, 6.45) is -2.73. The van der Waals surface area contributed by atoms with Gasteiger partial charge in [-0.3, -0.25) is 4.79 Å². The van der Waals surface area contributed by atoms with E-state index in [2.05, 4.69) is 130 Å². The number of benzene rings is 4. The second kappa shape index (κ2) is 22.6. The van der Waals surface area contributed by atoms with Gasteiger partial charge in [-0.25, -0.2) is 0 Å². The van der Waals surface area contributed by atoms with Crippen LogP contribution in [0.25, 0.3) is 44.1 Å². The number of alkyl halides is 3. The molecule has 0 saturated carbocycles. The molecule has 10 heteroatoms. The van der Waals surface area contributed by atoms with E-state index in [1.807, 2.05) is 39.8 Å². The molecule has 6 aromatic rings. The number of aliphatic hydroxyl groups excluding tert-OH is 1. The quantitative estimate of drug-likeness (QED) is 0.0608. The number of fused-ring (bicyclic) bond motifs is 2. The van der Waals surface area contributed by atoms with Crippen LogP contribution in [0.2, 0.25) is 39.3 Å². The predicted molar refractivity (Wildman–Crippen MR) is 261 cm³/mol. The molecule has 0 aliphatic rings. The summed E-state index contributed by atoms with van der Waals surface area (Å²) in [5.74, 6) is -2.00. The van der Waals surface area contributed by atoms with Crippen molar-refractivity contribution in [2.75, 3.05) is 0 Å². The molecule has 6 rings (SSSR count). The minimum Gasteiger partial charge on any atom is -0.512 e. The van der Waals surface area contributed by atoms with Crippen LogP contribution in [0.4, 0.5) is 13.2 Å². The van der Waals surface area contributed by atoms with Crippen LogP contribution in [-0.2, 0) is 24.9 Å². The van der Waals surface area contributed by atoms with Gasteiger partial charge in [-0.1, -0.05) is 135 Å². The third-order valence-corrected chi connectivity index (χ3v) is 15.0. The predicted octanol–water partition coefficient (Wildman–Crippen LogP) is 14.1. The molecule has 1 radical (unpaired) electrons. The fraction of sp³-hybridized carbons (Fsp3) is 0.377. The second-order valence-electron chi connectivity index (χ2n) is 18.4. The van der Waals surface area contributed by atoms with Crippen molar-refractivity contribution in [2.24, 2.45) is 11.8 Å². The van der Waals surface area contributed by atoms with Gasteiger partial charge in [-0.2, -0.15) is 13.2 Å². The van der Waals surface area contributed by atoms with Gasteiger partial charge >= 0.3 is 6.18 Å². The van der Waals surface area contributed by atoms with Crippen molar-refractivity contribution in [2.45, 2.75) is 120 Å². The first-order valence-electron chi connectivity index (χ1n) is 23.0. The van der Waals surface area contributed by atoms with Crippen LogP contribution in [0.3, 0.4) is 0 Å². The van der Waals surface area contributed by atoms with Crippen LogP contribution >= 0.6 is 0 Å². The van der Waals surface area contributed by atoms with E-state index in [0.717, 1.165) is 66.8 Å². The van der Waals surface area contributed by atoms with E-state index in [4.69, 9.17) is 4.11 Å². The Hall–Kier alpha value is -4.22. The first-order valence-corrected chi connectivity index (χ1v) is 28.5. The Labute approximate surface area is 394 Å². The molecular weight excluding hydrogens is 1000 g/mol. The number of aromatic nitrogens is 2. The maximum absolute atomic E-state index is 12.3. The van der Waals surface area contributed by atoms with Crippen LogP contribution in [0.1, 0.15) is 72.8 Å². The van der Waals surface area contributed by atoms with Crippen molar-refractivity contribution in [1.82, 2.24) is 9.97 Å². The van der Waals surface area contributed by atoms with Crippen LogP contribution in [0, 0.1) is 51.7 Å². The van der Waals surface area contributed by atoms with E-state index < -0.39 is 40.4 Å². The van der Waals surface area contributed by atoms with E-state index in [0.29, 0.717) is 19.0 Å². The minimum absolute atomic E-state index is 0. The Balaban J connectivity index is 0.000000264. The first kappa shape index (κ1) is 48.2. The number of ketones is 1. The molecule has 1 unspecified atom stereocenters. The van der Waals surface area contributed by atoms with Gasteiger partial charge in [-0.15, -0.1) is 69.8 Å². The van der Waals surface area contributed by atoms with Crippen molar-refractivity contribution in [3.05, 3.63) is 131 Å². The van der Waals surface area contributed by atoms with E-state index >= 15 is 0 Å². The third-order valence-electron chi connectivity index (χ3n) is 10.9. The van der Waals surface area contributed by atoms with Crippen molar-refractivity contribution in [1.29, 1.82) is 0 Å². The molecular formula is C53H65F3IrN2O2Si2-2. The Bertz CT molecular complexity index is 2650. The van der Waals surface area contributed by atoms with Gasteiger partial charge in [0.2, 0.25) is 0 Å². The number of allylic oxidation sites excluding steroid dienone is 2. The molecule has 2 heterocycles. The molecule has 4 aromatic carbocycles. The number of aryl methyl sites for hydroxylation is 4. The Kier molecular flexibility index (Phi) is 17.3. The maximum atomic E-state index is 12.3.